The number of thioether (sulfide) groups is 1. The number of para-hydroxylation sites is 1. The summed E-state index contributed by atoms with van der Waals surface area (Å²) in [5.74, 6) is 0.671. The number of benzene rings is 1. The number of nitrogens with zero attached hydrogens (tertiary/aromatic N) is 1. The molecule has 0 bridgehead atoms. The van der Waals surface area contributed by atoms with Crippen molar-refractivity contribution in [3.05, 3.63) is 59.9 Å². The van der Waals surface area contributed by atoms with Gasteiger partial charge in [0.1, 0.15) is 0 Å². The highest BCUT2D eigenvalue weighted by molar-refractivity contribution is 8.00. The Bertz CT molecular complexity index is 736. The topological polar surface area (TPSA) is 71.1 Å². The fraction of sp³-hybridized carbons (Fsp3) is 0.316. The number of anilines is 1. The first kappa shape index (κ1) is 17.5. The summed E-state index contributed by atoms with van der Waals surface area (Å²) >= 11 is 1.56. The lowest BCUT2D eigenvalue weighted by molar-refractivity contribution is -0.121. The maximum atomic E-state index is 12.3. The van der Waals surface area contributed by atoms with E-state index in [2.05, 4.69) is 21.7 Å². The molecule has 1 aliphatic rings. The van der Waals surface area contributed by atoms with Crippen LogP contribution in [0.1, 0.15) is 24.0 Å². The molecule has 6 heteroatoms. The molecule has 1 aromatic heterocycles. The highest BCUT2D eigenvalue weighted by Crippen LogP contribution is 2.27. The lowest BCUT2D eigenvalue weighted by Crippen LogP contribution is -2.26. The van der Waals surface area contributed by atoms with Crippen molar-refractivity contribution in [2.45, 2.75) is 31.1 Å². The number of aryl methyl sites for hydroxylation is 1. The fourth-order valence-corrected chi connectivity index (χ4v) is 3.82. The van der Waals surface area contributed by atoms with Gasteiger partial charge in [-0.25, -0.2) is 0 Å². The molecular weight excluding hydrogens is 334 g/mol. The second-order valence-electron chi connectivity index (χ2n) is 5.93. The minimum Gasteiger partial charge on any atom is -0.352 e. The van der Waals surface area contributed by atoms with E-state index >= 15 is 0 Å². The van der Waals surface area contributed by atoms with Crippen molar-refractivity contribution in [1.29, 1.82) is 0 Å². The van der Waals surface area contributed by atoms with E-state index in [-0.39, 0.29) is 17.1 Å². The van der Waals surface area contributed by atoms with E-state index in [0.29, 0.717) is 18.7 Å². The highest BCUT2D eigenvalue weighted by atomic mass is 32.2. The first-order valence-electron chi connectivity index (χ1n) is 8.38. The third kappa shape index (κ3) is 5.06. The molecule has 2 heterocycles. The number of carbonyl (C=O) groups is 2. The fourth-order valence-electron chi connectivity index (χ4n) is 2.73. The van der Waals surface area contributed by atoms with Crippen LogP contribution in [0.25, 0.3) is 0 Å². The van der Waals surface area contributed by atoms with Gasteiger partial charge in [0, 0.05) is 36.8 Å². The number of fused-ring (bicyclic) bond motifs is 1. The first-order chi connectivity index (χ1) is 12.2. The normalized spacial score (nSPS) is 16.5. The summed E-state index contributed by atoms with van der Waals surface area (Å²) in [6.45, 7) is 0.505. The quantitative estimate of drug-likeness (QED) is 0.836. The minimum atomic E-state index is -0.111. The van der Waals surface area contributed by atoms with Crippen LogP contribution >= 0.6 is 11.8 Å². The molecule has 0 aliphatic carbocycles. The van der Waals surface area contributed by atoms with Crippen LogP contribution in [0.5, 0.6) is 0 Å². The Kier molecular flexibility index (Phi) is 6.06. The number of carbonyl (C=O) groups excluding carboxylic acids is 2. The Balaban J connectivity index is 1.41. The van der Waals surface area contributed by atoms with Crippen LogP contribution in [-0.4, -0.2) is 27.8 Å². The standard InChI is InChI=1S/C19H21N3O2S/c23-18(21-13-14-7-10-20-11-8-14)9-12-25-17-6-5-15-3-1-2-4-16(15)22-19(17)24/h1-4,7-8,10-11,17H,5-6,9,12-13H2,(H,21,23)(H,22,24). The molecule has 1 aliphatic heterocycles. The molecule has 1 aromatic carbocycles. The van der Waals surface area contributed by atoms with Gasteiger partial charge in [0.25, 0.3) is 0 Å². The smallest absolute Gasteiger partial charge is 0.237 e. The summed E-state index contributed by atoms with van der Waals surface area (Å²) in [5, 5.41) is 5.77. The van der Waals surface area contributed by atoms with E-state index < -0.39 is 0 Å². The Morgan fingerprint density at radius 2 is 2.04 bits per heavy atom. The van der Waals surface area contributed by atoms with Crippen LogP contribution in [0.2, 0.25) is 0 Å². The number of hydrogen-bond acceptors (Lipinski definition) is 4. The zero-order valence-corrected chi connectivity index (χ0v) is 14.7. The number of rotatable bonds is 6. The Morgan fingerprint density at radius 1 is 1.24 bits per heavy atom. The summed E-state index contributed by atoms with van der Waals surface area (Å²) in [5.41, 5.74) is 3.11. The van der Waals surface area contributed by atoms with Crippen LogP contribution in [0.3, 0.4) is 0 Å². The van der Waals surface area contributed by atoms with E-state index in [1.165, 1.54) is 5.56 Å². The average Bonchev–Trinajstić information content (AvgIpc) is 2.80. The number of pyridine rings is 1. The van der Waals surface area contributed by atoms with Gasteiger partial charge in [0.05, 0.1) is 5.25 Å². The van der Waals surface area contributed by atoms with Crippen LogP contribution in [0.4, 0.5) is 5.69 Å². The average molecular weight is 355 g/mol. The lowest BCUT2D eigenvalue weighted by Gasteiger charge is -2.12. The van der Waals surface area contributed by atoms with Crippen molar-refractivity contribution in [1.82, 2.24) is 10.3 Å². The highest BCUT2D eigenvalue weighted by Gasteiger charge is 2.23. The van der Waals surface area contributed by atoms with Crippen LogP contribution in [-0.2, 0) is 22.6 Å². The van der Waals surface area contributed by atoms with Gasteiger partial charge in [-0.1, -0.05) is 18.2 Å². The molecule has 0 saturated heterocycles. The van der Waals surface area contributed by atoms with Crippen molar-refractivity contribution < 1.29 is 9.59 Å². The second-order valence-corrected chi connectivity index (χ2v) is 7.24. The Morgan fingerprint density at radius 3 is 2.88 bits per heavy atom. The van der Waals surface area contributed by atoms with E-state index in [9.17, 15) is 9.59 Å². The van der Waals surface area contributed by atoms with Crippen molar-refractivity contribution in [2.75, 3.05) is 11.1 Å². The van der Waals surface area contributed by atoms with Crippen molar-refractivity contribution >= 4 is 29.3 Å². The zero-order valence-electron chi connectivity index (χ0n) is 13.9. The number of hydrogen-bond donors (Lipinski definition) is 2. The largest absolute Gasteiger partial charge is 0.352 e. The van der Waals surface area contributed by atoms with E-state index in [0.717, 1.165) is 24.1 Å². The third-order valence-electron chi connectivity index (χ3n) is 4.13. The molecule has 3 rings (SSSR count). The molecule has 0 saturated carbocycles. The molecular formula is C19H21N3O2S. The summed E-state index contributed by atoms with van der Waals surface area (Å²) in [6.07, 6.45) is 5.50. The SMILES string of the molecule is O=C(CCSC1CCc2ccccc2NC1=O)NCc1ccncc1. The summed E-state index contributed by atoms with van der Waals surface area (Å²) < 4.78 is 0. The van der Waals surface area contributed by atoms with Gasteiger partial charge >= 0.3 is 0 Å². The van der Waals surface area contributed by atoms with Crippen molar-refractivity contribution in [3.8, 4) is 0 Å². The Labute approximate surface area is 151 Å². The van der Waals surface area contributed by atoms with Crippen molar-refractivity contribution in [2.24, 2.45) is 0 Å². The summed E-state index contributed by atoms with van der Waals surface area (Å²) in [7, 11) is 0. The van der Waals surface area contributed by atoms with Crippen LogP contribution in [0.15, 0.2) is 48.8 Å². The van der Waals surface area contributed by atoms with Gasteiger partial charge in [-0.05, 0) is 42.2 Å². The van der Waals surface area contributed by atoms with Gasteiger partial charge in [-0.2, -0.15) is 0 Å². The third-order valence-corrected chi connectivity index (χ3v) is 5.42. The second kappa shape index (κ2) is 8.67. The van der Waals surface area contributed by atoms with E-state index in [4.69, 9.17) is 0 Å². The molecule has 25 heavy (non-hydrogen) atoms. The molecule has 1 atom stereocenters. The molecule has 0 fully saturated rings. The number of nitrogens with one attached hydrogen (secondary N) is 2. The first-order valence-corrected chi connectivity index (χ1v) is 9.43. The predicted octanol–water partition coefficient (Wildman–Crippen LogP) is 2.77. The molecule has 130 valence electrons. The lowest BCUT2D eigenvalue weighted by atomic mass is 10.1. The molecule has 2 aromatic rings. The van der Waals surface area contributed by atoms with E-state index in [1.54, 1.807) is 24.2 Å². The number of aromatic nitrogens is 1. The predicted molar refractivity (Wildman–Crippen MR) is 100 cm³/mol. The zero-order chi connectivity index (χ0) is 17.5. The molecule has 1 unspecified atom stereocenters. The van der Waals surface area contributed by atoms with Crippen molar-refractivity contribution in [3.63, 3.8) is 0 Å². The monoisotopic (exact) mass is 355 g/mol. The molecule has 0 radical (unpaired) electrons. The number of amides is 2. The minimum absolute atomic E-state index is 0.00151. The molecule has 5 nitrogen and oxygen atoms in total. The molecule has 2 N–H and O–H groups in total. The van der Waals surface area contributed by atoms with Gasteiger partial charge < -0.3 is 10.6 Å². The van der Waals surface area contributed by atoms with Crippen LogP contribution in [0, 0.1) is 0 Å². The maximum Gasteiger partial charge on any atom is 0.237 e. The van der Waals surface area contributed by atoms with Crippen LogP contribution < -0.4 is 10.6 Å². The van der Waals surface area contributed by atoms with Gasteiger partial charge in [0.2, 0.25) is 11.8 Å². The molecule has 2 amide bonds. The van der Waals surface area contributed by atoms with Gasteiger partial charge in [-0.15, -0.1) is 11.8 Å². The summed E-state index contributed by atoms with van der Waals surface area (Å²) in [4.78, 5) is 28.2. The maximum absolute atomic E-state index is 12.3. The Hall–Kier alpha value is -2.34. The van der Waals surface area contributed by atoms with Gasteiger partial charge in [0.15, 0.2) is 0 Å². The summed E-state index contributed by atoms with van der Waals surface area (Å²) in [6, 6.07) is 11.7. The van der Waals surface area contributed by atoms with E-state index in [1.807, 2.05) is 30.3 Å². The van der Waals surface area contributed by atoms with Gasteiger partial charge in [-0.3, -0.25) is 14.6 Å². The molecule has 0 spiro atoms.